The van der Waals surface area contributed by atoms with E-state index in [1.54, 1.807) is 16.7 Å². The Bertz CT molecular complexity index is 937. The number of hydrogen-bond acceptors (Lipinski definition) is 5. The van der Waals surface area contributed by atoms with Gasteiger partial charge in [-0.15, -0.1) is 0 Å². The van der Waals surface area contributed by atoms with Crippen molar-refractivity contribution in [2.45, 2.75) is 31.8 Å². The highest BCUT2D eigenvalue weighted by atomic mass is 16.2. The summed E-state index contributed by atoms with van der Waals surface area (Å²) in [5, 5.41) is 0. The Morgan fingerprint density at radius 2 is 1.69 bits per heavy atom. The lowest BCUT2D eigenvalue weighted by Crippen LogP contribution is -2.57. The number of amides is 4. The summed E-state index contributed by atoms with van der Waals surface area (Å²) in [6, 6.07) is 9.35. The Hall–Kier alpha value is -3.29. The molecular weight excluding hydrogens is 370 g/mol. The topological polar surface area (TPSA) is 86.7 Å². The first-order valence-corrected chi connectivity index (χ1v) is 9.64. The van der Waals surface area contributed by atoms with Gasteiger partial charge in [-0.1, -0.05) is 30.3 Å². The number of hydrogen-bond donors (Lipinski definition) is 0. The molecule has 0 aliphatic carbocycles. The lowest BCUT2D eigenvalue weighted by atomic mass is 9.85. The molecule has 0 atom stereocenters. The number of urea groups is 1. The smallest absolute Gasteiger partial charge is 0.327 e. The van der Waals surface area contributed by atoms with Crippen molar-refractivity contribution in [3.63, 3.8) is 0 Å². The van der Waals surface area contributed by atoms with E-state index in [9.17, 15) is 14.4 Å². The molecule has 1 aromatic carbocycles. The Labute approximate surface area is 169 Å². The number of likely N-dealkylation sites (N-methyl/N-ethyl adjacent to an activating group) is 1. The minimum absolute atomic E-state index is 0.153. The molecule has 4 rings (SSSR count). The zero-order chi connectivity index (χ0) is 20.6. The average molecular weight is 393 g/mol. The van der Waals surface area contributed by atoms with Crippen LogP contribution >= 0.6 is 0 Å². The highest BCUT2D eigenvalue weighted by Crippen LogP contribution is 2.38. The van der Waals surface area contributed by atoms with Crippen LogP contribution < -0.4 is 0 Å². The molecule has 0 unspecified atom stereocenters. The molecule has 1 spiro atoms. The highest BCUT2D eigenvalue weighted by Gasteiger charge is 2.57. The van der Waals surface area contributed by atoms with Crippen molar-refractivity contribution in [3.05, 3.63) is 59.7 Å². The second kappa shape index (κ2) is 7.27. The molecule has 2 aliphatic rings. The lowest BCUT2D eigenvalue weighted by molar-refractivity contribution is -0.134. The summed E-state index contributed by atoms with van der Waals surface area (Å²) >= 11 is 0. The van der Waals surface area contributed by atoms with Gasteiger partial charge in [-0.3, -0.25) is 14.5 Å². The van der Waals surface area contributed by atoms with Crippen LogP contribution in [0.15, 0.2) is 42.7 Å². The summed E-state index contributed by atoms with van der Waals surface area (Å²) in [6.45, 7) is 2.92. The van der Waals surface area contributed by atoms with Crippen LogP contribution in [-0.4, -0.2) is 68.2 Å². The summed E-state index contributed by atoms with van der Waals surface area (Å²) in [5.41, 5.74) is 0.500. The predicted octanol–water partition coefficient (Wildman–Crippen LogP) is 1.85. The summed E-state index contributed by atoms with van der Waals surface area (Å²) in [7, 11) is 1.53. The van der Waals surface area contributed by atoms with Gasteiger partial charge in [-0.05, 0) is 25.3 Å². The quantitative estimate of drug-likeness (QED) is 0.743. The first-order valence-electron chi connectivity index (χ1n) is 9.64. The molecule has 0 radical (unpaired) electrons. The van der Waals surface area contributed by atoms with Gasteiger partial charge in [0.25, 0.3) is 11.8 Å². The predicted molar refractivity (Wildman–Crippen MR) is 105 cm³/mol. The molecule has 29 heavy (non-hydrogen) atoms. The number of benzene rings is 1. The molecule has 2 aromatic rings. The van der Waals surface area contributed by atoms with E-state index in [0.29, 0.717) is 43.9 Å². The van der Waals surface area contributed by atoms with Crippen LogP contribution in [0.2, 0.25) is 0 Å². The summed E-state index contributed by atoms with van der Waals surface area (Å²) < 4.78 is 0. The van der Waals surface area contributed by atoms with Crippen molar-refractivity contribution >= 4 is 17.8 Å². The maximum atomic E-state index is 13.0. The third-order valence-corrected chi connectivity index (χ3v) is 5.83. The van der Waals surface area contributed by atoms with E-state index < -0.39 is 5.54 Å². The molecule has 3 heterocycles. The number of rotatable bonds is 3. The maximum absolute atomic E-state index is 13.0. The second-order valence-electron chi connectivity index (χ2n) is 7.56. The fourth-order valence-electron chi connectivity index (χ4n) is 4.11. The van der Waals surface area contributed by atoms with E-state index in [1.807, 2.05) is 30.3 Å². The van der Waals surface area contributed by atoms with E-state index >= 15 is 0 Å². The van der Waals surface area contributed by atoms with E-state index in [0.717, 1.165) is 5.56 Å². The van der Waals surface area contributed by atoms with Gasteiger partial charge >= 0.3 is 6.03 Å². The number of carbonyl (C=O) groups excluding carboxylic acids is 3. The van der Waals surface area contributed by atoms with Crippen LogP contribution in [-0.2, 0) is 11.3 Å². The zero-order valence-electron chi connectivity index (χ0n) is 16.5. The van der Waals surface area contributed by atoms with Crippen LogP contribution in [0.1, 0.15) is 34.6 Å². The molecule has 0 N–H and O–H groups in total. The molecule has 2 saturated heterocycles. The van der Waals surface area contributed by atoms with Gasteiger partial charge in [0.1, 0.15) is 11.4 Å². The molecule has 8 heteroatoms. The van der Waals surface area contributed by atoms with Crippen molar-refractivity contribution in [2.75, 3.05) is 20.1 Å². The lowest BCUT2D eigenvalue weighted by Gasteiger charge is -2.42. The number of carbonyl (C=O) groups is 3. The molecule has 0 bridgehead atoms. The maximum Gasteiger partial charge on any atom is 0.327 e. The van der Waals surface area contributed by atoms with Crippen molar-refractivity contribution < 1.29 is 14.4 Å². The zero-order valence-corrected chi connectivity index (χ0v) is 16.5. The average Bonchev–Trinajstić information content (AvgIpc) is 2.91. The van der Waals surface area contributed by atoms with Crippen LogP contribution in [0.4, 0.5) is 4.79 Å². The monoisotopic (exact) mass is 393 g/mol. The van der Waals surface area contributed by atoms with Gasteiger partial charge in [0, 0.05) is 39.1 Å². The first kappa shape index (κ1) is 19.0. The largest absolute Gasteiger partial charge is 0.338 e. The van der Waals surface area contributed by atoms with Crippen LogP contribution in [0, 0.1) is 6.92 Å². The number of imide groups is 1. The number of aromatic nitrogens is 2. The van der Waals surface area contributed by atoms with E-state index in [1.165, 1.54) is 24.3 Å². The van der Waals surface area contributed by atoms with Crippen LogP contribution in [0.3, 0.4) is 0 Å². The Morgan fingerprint density at radius 3 is 2.31 bits per heavy atom. The fourth-order valence-corrected chi connectivity index (χ4v) is 4.11. The molecule has 4 amide bonds. The van der Waals surface area contributed by atoms with E-state index in [4.69, 9.17) is 0 Å². The molecule has 1 aromatic heterocycles. The Kier molecular flexibility index (Phi) is 4.77. The van der Waals surface area contributed by atoms with Gasteiger partial charge in [-0.2, -0.15) is 0 Å². The minimum Gasteiger partial charge on any atom is -0.338 e. The molecular formula is C21H23N5O3. The number of likely N-dealkylation sites (tertiary alicyclic amines) is 1. The van der Waals surface area contributed by atoms with E-state index in [2.05, 4.69) is 9.97 Å². The summed E-state index contributed by atoms with van der Waals surface area (Å²) in [4.78, 5) is 51.3. The van der Waals surface area contributed by atoms with Crippen molar-refractivity contribution in [1.82, 2.24) is 24.7 Å². The normalized spacial score (nSPS) is 18.6. The third kappa shape index (κ3) is 3.24. The number of nitrogens with zero attached hydrogens (tertiary/aromatic N) is 5. The van der Waals surface area contributed by atoms with Gasteiger partial charge in [0.05, 0.1) is 5.56 Å². The van der Waals surface area contributed by atoms with Gasteiger partial charge in [0.15, 0.2) is 0 Å². The Morgan fingerprint density at radius 1 is 1.07 bits per heavy atom. The van der Waals surface area contributed by atoms with E-state index in [-0.39, 0.29) is 17.8 Å². The van der Waals surface area contributed by atoms with Crippen molar-refractivity contribution in [2.24, 2.45) is 0 Å². The van der Waals surface area contributed by atoms with Gasteiger partial charge in [-0.25, -0.2) is 14.8 Å². The van der Waals surface area contributed by atoms with Gasteiger partial charge < -0.3 is 9.80 Å². The SMILES string of the molecule is Cc1ncc(C(=O)N2CCC3(CC2)C(=O)N(C)C(=O)N3Cc2ccccc2)cn1. The first-order chi connectivity index (χ1) is 13.9. The van der Waals surface area contributed by atoms with Crippen LogP contribution in [0.5, 0.6) is 0 Å². The minimum atomic E-state index is -0.901. The number of piperidine rings is 1. The highest BCUT2D eigenvalue weighted by molar-refractivity contribution is 6.07. The third-order valence-electron chi connectivity index (χ3n) is 5.83. The molecule has 150 valence electrons. The summed E-state index contributed by atoms with van der Waals surface area (Å²) in [6.07, 6.45) is 3.87. The number of aryl methyl sites for hydroxylation is 1. The molecule has 8 nitrogen and oxygen atoms in total. The summed E-state index contributed by atoms with van der Waals surface area (Å²) in [5.74, 6) is 0.262. The Balaban J connectivity index is 1.54. The standard InChI is InChI=1S/C21H23N5O3/c1-15-22-12-17(13-23-15)18(27)25-10-8-21(9-11-25)19(28)24(2)20(29)26(21)14-16-6-4-3-5-7-16/h3-7,12-13H,8-11,14H2,1-2H3. The van der Waals surface area contributed by atoms with Crippen LogP contribution in [0.25, 0.3) is 0 Å². The second-order valence-corrected chi connectivity index (χ2v) is 7.56. The molecule has 2 fully saturated rings. The molecule has 0 saturated carbocycles. The molecule has 2 aliphatic heterocycles. The van der Waals surface area contributed by atoms with Crippen molar-refractivity contribution in [1.29, 1.82) is 0 Å². The van der Waals surface area contributed by atoms with Crippen molar-refractivity contribution in [3.8, 4) is 0 Å². The fraction of sp³-hybridized carbons (Fsp3) is 0.381. The van der Waals surface area contributed by atoms with Gasteiger partial charge in [0.2, 0.25) is 0 Å².